The van der Waals surface area contributed by atoms with Gasteiger partial charge < -0.3 is 9.80 Å². The van der Waals surface area contributed by atoms with E-state index >= 15 is 0 Å². The van der Waals surface area contributed by atoms with Crippen LogP contribution in [-0.2, 0) is 6.18 Å². The van der Waals surface area contributed by atoms with E-state index in [0.29, 0.717) is 12.6 Å². The van der Waals surface area contributed by atoms with Crippen LogP contribution in [0.2, 0.25) is 0 Å². The largest absolute Gasteiger partial charge is 0.416 e. The Morgan fingerprint density at radius 1 is 1.19 bits per heavy atom. The van der Waals surface area contributed by atoms with Gasteiger partial charge in [-0.25, -0.2) is 0 Å². The number of nitro groups is 1. The van der Waals surface area contributed by atoms with Crippen LogP contribution in [0.5, 0.6) is 0 Å². The Labute approximate surface area is 121 Å². The zero-order valence-corrected chi connectivity index (χ0v) is 12.1. The van der Waals surface area contributed by atoms with Crippen LogP contribution in [0.25, 0.3) is 0 Å². The molecule has 0 fully saturated rings. The van der Waals surface area contributed by atoms with E-state index in [0.717, 1.165) is 25.1 Å². The van der Waals surface area contributed by atoms with Crippen LogP contribution in [0.3, 0.4) is 0 Å². The van der Waals surface area contributed by atoms with Gasteiger partial charge in [-0.05, 0) is 39.2 Å². The van der Waals surface area contributed by atoms with Gasteiger partial charge in [-0.1, -0.05) is 0 Å². The number of nitro benzene ring substituents is 1. The summed E-state index contributed by atoms with van der Waals surface area (Å²) in [6, 6.07) is 2.60. The first kappa shape index (κ1) is 17.2. The minimum absolute atomic E-state index is 0.187. The summed E-state index contributed by atoms with van der Waals surface area (Å²) in [5.74, 6) is 0. The second kappa shape index (κ2) is 6.75. The van der Waals surface area contributed by atoms with E-state index in [1.807, 2.05) is 19.0 Å². The Morgan fingerprint density at radius 2 is 1.81 bits per heavy atom. The van der Waals surface area contributed by atoms with Gasteiger partial charge in [-0.2, -0.15) is 13.2 Å². The highest BCUT2D eigenvalue weighted by atomic mass is 19.4. The fourth-order valence-electron chi connectivity index (χ4n) is 1.91. The van der Waals surface area contributed by atoms with E-state index in [4.69, 9.17) is 0 Å². The molecule has 1 rings (SSSR count). The van der Waals surface area contributed by atoms with E-state index in [1.54, 1.807) is 11.9 Å². The molecule has 0 aliphatic rings. The number of rotatable bonds is 6. The van der Waals surface area contributed by atoms with Gasteiger partial charge in [-0.3, -0.25) is 10.1 Å². The lowest BCUT2D eigenvalue weighted by atomic mass is 10.1. The van der Waals surface area contributed by atoms with E-state index in [2.05, 4.69) is 0 Å². The van der Waals surface area contributed by atoms with Crippen molar-refractivity contribution in [1.29, 1.82) is 0 Å². The molecule has 0 aromatic heterocycles. The van der Waals surface area contributed by atoms with Crippen molar-refractivity contribution in [1.82, 2.24) is 4.90 Å². The molecule has 0 N–H and O–H groups in total. The van der Waals surface area contributed by atoms with Crippen LogP contribution in [0.15, 0.2) is 18.2 Å². The number of anilines is 1. The Kier molecular flexibility index (Phi) is 5.54. The van der Waals surface area contributed by atoms with E-state index in [-0.39, 0.29) is 5.69 Å². The maximum Gasteiger partial charge on any atom is 0.416 e. The lowest BCUT2D eigenvalue weighted by Crippen LogP contribution is -2.24. The van der Waals surface area contributed by atoms with Gasteiger partial charge in [-0.15, -0.1) is 0 Å². The minimum atomic E-state index is -4.59. The molecule has 0 unspecified atom stereocenters. The van der Waals surface area contributed by atoms with Gasteiger partial charge in [0.2, 0.25) is 0 Å². The first-order valence-corrected chi connectivity index (χ1v) is 6.34. The number of benzene rings is 1. The Hall–Kier alpha value is -1.83. The van der Waals surface area contributed by atoms with Gasteiger partial charge in [0.05, 0.1) is 10.5 Å². The van der Waals surface area contributed by atoms with E-state index < -0.39 is 22.4 Å². The van der Waals surface area contributed by atoms with Crippen molar-refractivity contribution >= 4 is 11.4 Å². The molecule has 0 aliphatic carbocycles. The Morgan fingerprint density at radius 3 is 2.29 bits per heavy atom. The zero-order valence-electron chi connectivity index (χ0n) is 12.1. The van der Waals surface area contributed by atoms with Crippen LogP contribution in [0.4, 0.5) is 24.5 Å². The molecular weight excluding hydrogens is 287 g/mol. The number of hydrogen-bond acceptors (Lipinski definition) is 4. The highest BCUT2D eigenvalue weighted by molar-refractivity contribution is 5.64. The standard InChI is InChI=1S/C13H18F3N3O2/c1-17(2)7-4-8-18(3)11-6-5-10(13(14,15)16)9-12(11)19(20)21/h5-6,9H,4,7-8H2,1-3H3. The van der Waals surface area contributed by atoms with Gasteiger partial charge in [0.15, 0.2) is 0 Å². The molecule has 0 amide bonds. The maximum absolute atomic E-state index is 12.6. The fraction of sp³-hybridized carbons (Fsp3) is 0.538. The average Bonchev–Trinajstić information content (AvgIpc) is 2.36. The van der Waals surface area contributed by atoms with Crippen molar-refractivity contribution in [2.45, 2.75) is 12.6 Å². The minimum Gasteiger partial charge on any atom is -0.369 e. The van der Waals surface area contributed by atoms with E-state index in [1.165, 1.54) is 0 Å². The molecule has 0 saturated heterocycles. The third kappa shape index (κ3) is 4.89. The summed E-state index contributed by atoms with van der Waals surface area (Å²) in [6.45, 7) is 1.31. The summed E-state index contributed by atoms with van der Waals surface area (Å²) in [6.07, 6.45) is -3.84. The molecule has 0 aliphatic heterocycles. The van der Waals surface area contributed by atoms with Crippen molar-refractivity contribution < 1.29 is 18.1 Å². The van der Waals surface area contributed by atoms with Crippen LogP contribution in [0, 0.1) is 10.1 Å². The predicted molar refractivity (Wildman–Crippen MR) is 74.5 cm³/mol. The summed E-state index contributed by atoms with van der Waals surface area (Å²) in [7, 11) is 5.44. The average molecular weight is 305 g/mol. The molecule has 1 aromatic rings. The molecule has 118 valence electrons. The van der Waals surface area contributed by atoms with Crippen molar-refractivity contribution in [3.8, 4) is 0 Å². The quantitative estimate of drug-likeness (QED) is 0.599. The summed E-state index contributed by atoms with van der Waals surface area (Å²) < 4.78 is 37.8. The zero-order chi connectivity index (χ0) is 16.2. The van der Waals surface area contributed by atoms with Crippen molar-refractivity contribution in [2.24, 2.45) is 0 Å². The van der Waals surface area contributed by atoms with Crippen molar-refractivity contribution in [3.05, 3.63) is 33.9 Å². The highest BCUT2D eigenvalue weighted by Gasteiger charge is 2.33. The summed E-state index contributed by atoms with van der Waals surface area (Å²) in [4.78, 5) is 13.8. The molecular formula is C13H18F3N3O2. The molecule has 0 spiro atoms. The third-order valence-electron chi connectivity index (χ3n) is 3.01. The van der Waals surface area contributed by atoms with Gasteiger partial charge in [0, 0.05) is 19.7 Å². The summed E-state index contributed by atoms with van der Waals surface area (Å²) >= 11 is 0. The normalized spacial score (nSPS) is 11.8. The first-order chi connectivity index (χ1) is 9.62. The van der Waals surface area contributed by atoms with Crippen molar-refractivity contribution in [3.63, 3.8) is 0 Å². The first-order valence-electron chi connectivity index (χ1n) is 6.34. The van der Waals surface area contributed by atoms with Gasteiger partial charge in [0.25, 0.3) is 5.69 Å². The molecule has 0 saturated carbocycles. The van der Waals surface area contributed by atoms with Crippen LogP contribution in [-0.4, -0.2) is 44.1 Å². The van der Waals surface area contributed by atoms with Crippen LogP contribution >= 0.6 is 0 Å². The van der Waals surface area contributed by atoms with Crippen molar-refractivity contribution in [2.75, 3.05) is 39.1 Å². The fourth-order valence-corrected chi connectivity index (χ4v) is 1.91. The maximum atomic E-state index is 12.6. The van der Waals surface area contributed by atoms with Crippen LogP contribution < -0.4 is 4.90 Å². The molecule has 1 aromatic carbocycles. The Balaban J connectivity index is 2.98. The lowest BCUT2D eigenvalue weighted by Gasteiger charge is -2.21. The van der Waals surface area contributed by atoms with Crippen LogP contribution in [0.1, 0.15) is 12.0 Å². The predicted octanol–water partition coefficient (Wildman–Crippen LogP) is 3.00. The molecule has 0 heterocycles. The second-order valence-corrected chi connectivity index (χ2v) is 5.04. The number of alkyl halides is 3. The highest BCUT2D eigenvalue weighted by Crippen LogP contribution is 2.36. The van der Waals surface area contributed by atoms with Gasteiger partial charge >= 0.3 is 6.18 Å². The summed E-state index contributed by atoms with van der Waals surface area (Å²) in [5, 5.41) is 11.0. The molecule has 0 atom stereocenters. The van der Waals surface area contributed by atoms with Gasteiger partial charge in [0.1, 0.15) is 5.69 Å². The molecule has 21 heavy (non-hydrogen) atoms. The monoisotopic (exact) mass is 305 g/mol. The lowest BCUT2D eigenvalue weighted by molar-refractivity contribution is -0.384. The SMILES string of the molecule is CN(C)CCCN(C)c1ccc(C(F)(F)F)cc1[N+](=O)[O-]. The molecule has 5 nitrogen and oxygen atoms in total. The van der Waals surface area contributed by atoms with E-state index in [9.17, 15) is 23.3 Å². The second-order valence-electron chi connectivity index (χ2n) is 5.04. The molecule has 0 bridgehead atoms. The number of hydrogen-bond donors (Lipinski definition) is 0. The summed E-state index contributed by atoms with van der Waals surface area (Å²) in [5.41, 5.74) is -1.36. The third-order valence-corrected chi connectivity index (χ3v) is 3.01. The topological polar surface area (TPSA) is 49.6 Å². The molecule has 8 heteroatoms. The molecule has 0 radical (unpaired) electrons. The smallest absolute Gasteiger partial charge is 0.369 e. The Bertz CT molecular complexity index is 504. The number of nitrogens with zero attached hydrogens (tertiary/aromatic N) is 3. The number of halogens is 3.